The van der Waals surface area contributed by atoms with Crippen LogP contribution in [0.3, 0.4) is 0 Å². The molecule has 3 aromatic rings. The van der Waals surface area contributed by atoms with Gasteiger partial charge in [0.1, 0.15) is 0 Å². The Bertz CT molecular complexity index is 898. The molecule has 0 N–H and O–H groups in total. The average molecular weight is 340 g/mol. The summed E-state index contributed by atoms with van der Waals surface area (Å²) in [4.78, 5) is 13.5. The molecule has 0 spiro atoms. The van der Waals surface area contributed by atoms with Crippen molar-refractivity contribution in [2.75, 3.05) is 0 Å². The van der Waals surface area contributed by atoms with Gasteiger partial charge in [-0.3, -0.25) is 15.0 Å². The molecule has 4 nitrogen and oxygen atoms in total. The minimum atomic E-state index is -0.149. The lowest BCUT2D eigenvalue weighted by atomic mass is 9.70. The lowest BCUT2D eigenvalue weighted by molar-refractivity contribution is 0.453. The molecule has 0 bridgehead atoms. The van der Waals surface area contributed by atoms with Crippen LogP contribution >= 0.6 is 0 Å². The molecular formula is C22H20N4. The summed E-state index contributed by atoms with van der Waals surface area (Å²) < 4.78 is 0. The first-order valence-corrected chi connectivity index (χ1v) is 9.02. The quantitative estimate of drug-likeness (QED) is 0.621. The molecule has 4 heteroatoms. The van der Waals surface area contributed by atoms with E-state index in [2.05, 4.69) is 45.3 Å². The summed E-state index contributed by atoms with van der Waals surface area (Å²) in [5.74, 6) is 0. The summed E-state index contributed by atoms with van der Waals surface area (Å²) >= 11 is 0. The second-order valence-electron chi connectivity index (χ2n) is 6.78. The van der Waals surface area contributed by atoms with Crippen LogP contribution in [0.15, 0.2) is 61.2 Å². The van der Waals surface area contributed by atoms with Gasteiger partial charge in [0.15, 0.2) is 0 Å². The lowest BCUT2D eigenvalue weighted by Gasteiger charge is -2.32. The Kier molecular flexibility index (Phi) is 4.45. The van der Waals surface area contributed by atoms with Crippen LogP contribution in [0.25, 0.3) is 11.4 Å². The monoisotopic (exact) mass is 340 g/mol. The summed E-state index contributed by atoms with van der Waals surface area (Å²) in [6.45, 7) is 0. The molecule has 0 saturated carbocycles. The molecule has 3 heterocycles. The first-order valence-electron chi connectivity index (χ1n) is 9.02. The third-order valence-electron chi connectivity index (χ3n) is 5.27. The number of rotatable bonds is 6. The van der Waals surface area contributed by atoms with E-state index in [1.54, 1.807) is 0 Å². The summed E-state index contributed by atoms with van der Waals surface area (Å²) in [5.41, 5.74) is 5.61. The van der Waals surface area contributed by atoms with Crippen LogP contribution < -0.4 is 0 Å². The predicted molar refractivity (Wildman–Crippen MR) is 100 cm³/mol. The molecule has 0 aliphatic heterocycles. The highest BCUT2D eigenvalue weighted by molar-refractivity contribution is 5.75. The topological polar surface area (TPSA) is 62.5 Å². The minimum absolute atomic E-state index is 0.149. The van der Waals surface area contributed by atoms with Gasteiger partial charge in [-0.15, -0.1) is 0 Å². The van der Waals surface area contributed by atoms with E-state index in [-0.39, 0.29) is 5.41 Å². The smallest absolute Gasteiger partial charge is 0.0930 e. The number of pyridine rings is 3. The zero-order valence-electron chi connectivity index (χ0n) is 14.6. The van der Waals surface area contributed by atoms with Crippen LogP contribution in [0.2, 0.25) is 0 Å². The zero-order chi connectivity index (χ0) is 17.8. The van der Waals surface area contributed by atoms with Gasteiger partial charge >= 0.3 is 0 Å². The molecule has 0 fully saturated rings. The number of nitrogens with zero attached hydrogens (tertiary/aromatic N) is 4. The van der Waals surface area contributed by atoms with E-state index < -0.39 is 0 Å². The van der Waals surface area contributed by atoms with Crippen molar-refractivity contribution in [2.24, 2.45) is 0 Å². The normalized spacial score (nSPS) is 13.7. The van der Waals surface area contributed by atoms with E-state index in [0.717, 1.165) is 37.1 Å². The van der Waals surface area contributed by atoms with Gasteiger partial charge in [-0.1, -0.05) is 18.6 Å². The van der Waals surface area contributed by atoms with Crippen molar-refractivity contribution in [1.29, 1.82) is 5.26 Å². The van der Waals surface area contributed by atoms with Gasteiger partial charge in [0, 0.05) is 36.6 Å². The molecule has 0 radical (unpaired) electrons. The fourth-order valence-electron chi connectivity index (χ4n) is 4.13. The molecule has 4 rings (SSSR count). The largest absolute Gasteiger partial charge is 0.265 e. The van der Waals surface area contributed by atoms with E-state index in [1.807, 2.05) is 36.9 Å². The van der Waals surface area contributed by atoms with Gasteiger partial charge in [0.05, 0.1) is 17.5 Å². The maximum absolute atomic E-state index is 8.90. The van der Waals surface area contributed by atoms with E-state index in [0.29, 0.717) is 6.42 Å². The molecular weight excluding hydrogens is 320 g/mol. The molecule has 0 aromatic carbocycles. The Hall–Kier alpha value is -3.06. The van der Waals surface area contributed by atoms with Crippen LogP contribution in [0.4, 0.5) is 0 Å². The number of hydrogen-bond donors (Lipinski definition) is 0. The fraction of sp³-hybridized carbons (Fsp3) is 0.273. The molecule has 26 heavy (non-hydrogen) atoms. The van der Waals surface area contributed by atoms with Crippen molar-refractivity contribution in [3.05, 3.63) is 77.9 Å². The van der Waals surface area contributed by atoms with Gasteiger partial charge in [0.2, 0.25) is 0 Å². The van der Waals surface area contributed by atoms with E-state index in [4.69, 9.17) is 5.26 Å². The van der Waals surface area contributed by atoms with Crippen molar-refractivity contribution in [2.45, 2.75) is 37.5 Å². The summed E-state index contributed by atoms with van der Waals surface area (Å²) in [5, 5.41) is 8.90. The SMILES string of the molecule is N#CCCCCC1(Cc2ccncc2)c2cccnc2-c2ncccc21. The summed E-state index contributed by atoms with van der Waals surface area (Å²) in [6, 6.07) is 14.8. The summed E-state index contributed by atoms with van der Waals surface area (Å²) in [6.07, 6.45) is 11.8. The highest BCUT2D eigenvalue weighted by Crippen LogP contribution is 2.51. The molecule has 0 atom stereocenters. The number of hydrogen-bond acceptors (Lipinski definition) is 4. The highest BCUT2D eigenvalue weighted by Gasteiger charge is 2.44. The second-order valence-corrected chi connectivity index (χ2v) is 6.78. The van der Waals surface area contributed by atoms with Gasteiger partial charge in [-0.2, -0.15) is 5.26 Å². The van der Waals surface area contributed by atoms with Crippen molar-refractivity contribution in [3.63, 3.8) is 0 Å². The average Bonchev–Trinajstić information content (AvgIpc) is 2.97. The lowest BCUT2D eigenvalue weighted by Crippen LogP contribution is -2.28. The molecule has 0 amide bonds. The van der Waals surface area contributed by atoms with E-state index >= 15 is 0 Å². The molecule has 1 aliphatic carbocycles. The standard InChI is InChI=1S/C22H20N4/c23-11-3-1-2-10-22(16-17-8-14-24-15-9-17)18-6-4-12-25-20(18)21-19(22)7-5-13-26-21/h4-9,12-15H,1-3,10,16H2. The Morgan fingerprint density at radius 1 is 0.846 bits per heavy atom. The van der Waals surface area contributed by atoms with Crippen LogP contribution in [0.1, 0.15) is 42.4 Å². The molecule has 0 saturated heterocycles. The first kappa shape index (κ1) is 16.4. The van der Waals surface area contributed by atoms with E-state index in [9.17, 15) is 0 Å². The highest BCUT2D eigenvalue weighted by atomic mass is 14.8. The van der Waals surface area contributed by atoms with Gasteiger partial charge < -0.3 is 0 Å². The number of nitriles is 1. The minimum Gasteiger partial charge on any atom is -0.265 e. The number of aromatic nitrogens is 3. The second kappa shape index (κ2) is 7.05. The van der Waals surface area contributed by atoms with Gasteiger partial charge in [-0.25, -0.2) is 0 Å². The maximum Gasteiger partial charge on any atom is 0.0930 e. The molecule has 3 aromatic heterocycles. The van der Waals surface area contributed by atoms with E-state index in [1.165, 1.54) is 16.7 Å². The van der Waals surface area contributed by atoms with Gasteiger partial charge in [-0.05, 0) is 60.2 Å². The molecule has 1 aliphatic rings. The first-order chi connectivity index (χ1) is 12.8. The van der Waals surface area contributed by atoms with Gasteiger partial charge in [0.25, 0.3) is 0 Å². The number of fused-ring (bicyclic) bond motifs is 3. The molecule has 128 valence electrons. The maximum atomic E-state index is 8.90. The van der Waals surface area contributed by atoms with Crippen molar-refractivity contribution in [1.82, 2.24) is 15.0 Å². The Balaban J connectivity index is 1.83. The Morgan fingerprint density at radius 3 is 2.12 bits per heavy atom. The van der Waals surface area contributed by atoms with Crippen molar-refractivity contribution < 1.29 is 0 Å². The number of unbranched alkanes of at least 4 members (excludes halogenated alkanes) is 2. The summed E-state index contributed by atoms with van der Waals surface area (Å²) in [7, 11) is 0. The predicted octanol–water partition coefficient (Wildman–Crippen LogP) is 4.46. The van der Waals surface area contributed by atoms with Crippen LogP contribution in [-0.4, -0.2) is 15.0 Å². The van der Waals surface area contributed by atoms with Crippen LogP contribution in [0.5, 0.6) is 0 Å². The Labute approximate surface area is 153 Å². The molecule has 0 unspecified atom stereocenters. The van der Waals surface area contributed by atoms with Crippen LogP contribution in [0, 0.1) is 11.3 Å². The van der Waals surface area contributed by atoms with Crippen molar-refractivity contribution >= 4 is 0 Å². The Morgan fingerprint density at radius 2 is 1.50 bits per heavy atom. The fourth-order valence-corrected chi connectivity index (χ4v) is 4.13. The van der Waals surface area contributed by atoms with Crippen LogP contribution in [-0.2, 0) is 11.8 Å². The zero-order valence-corrected chi connectivity index (χ0v) is 14.6. The third-order valence-corrected chi connectivity index (χ3v) is 5.27. The third kappa shape index (κ3) is 2.76. The van der Waals surface area contributed by atoms with Crippen molar-refractivity contribution in [3.8, 4) is 17.5 Å².